The Morgan fingerprint density at radius 2 is 2.06 bits per heavy atom. The maximum Gasteiger partial charge on any atom is 0.303 e. The summed E-state index contributed by atoms with van der Waals surface area (Å²) in [6.45, 7) is 11.3. The number of nitrogens with zero attached hydrogens (tertiary/aromatic N) is 1. The predicted octanol–water partition coefficient (Wildman–Crippen LogP) is 4.66. The van der Waals surface area contributed by atoms with Crippen LogP contribution in [0.1, 0.15) is 59.1 Å². The topological polar surface area (TPSA) is 62.9 Å². The van der Waals surface area contributed by atoms with E-state index in [1.54, 1.807) is 6.26 Å². The fourth-order valence-electron chi connectivity index (χ4n) is 6.38. The number of ether oxygens (including phenoxy) is 1. The highest BCUT2D eigenvalue weighted by Crippen LogP contribution is 2.51. The summed E-state index contributed by atoms with van der Waals surface area (Å²) >= 11 is 0. The number of rotatable bonds is 6. The van der Waals surface area contributed by atoms with Crippen molar-refractivity contribution in [1.82, 2.24) is 4.90 Å². The fraction of sp³-hybridized carbons (Fsp3) is 0.704. The van der Waals surface area contributed by atoms with Gasteiger partial charge in [0.2, 0.25) is 0 Å². The summed E-state index contributed by atoms with van der Waals surface area (Å²) in [7, 11) is 0. The number of piperidine rings is 1. The van der Waals surface area contributed by atoms with E-state index in [0.29, 0.717) is 17.8 Å². The van der Waals surface area contributed by atoms with Crippen LogP contribution in [-0.4, -0.2) is 47.3 Å². The summed E-state index contributed by atoms with van der Waals surface area (Å²) in [5.74, 6) is 2.70. The molecule has 6 atom stereocenters. The van der Waals surface area contributed by atoms with Crippen molar-refractivity contribution in [3.8, 4) is 0 Å². The molecule has 0 bridgehead atoms. The number of carbonyl (C=O) groups is 1. The van der Waals surface area contributed by atoms with Crippen molar-refractivity contribution in [2.75, 3.05) is 19.6 Å². The Morgan fingerprint density at radius 1 is 1.31 bits per heavy atom. The summed E-state index contributed by atoms with van der Waals surface area (Å²) in [5.41, 5.74) is 0.132. The van der Waals surface area contributed by atoms with Crippen LogP contribution in [0.3, 0.4) is 0 Å². The molecule has 5 heteroatoms. The first-order valence-electron chi connectivity index (χ1n) is 12.4. The third-order valence-corrected chi connectivity index (χ3v) is 8.37. The van der Waals surface area contributed by atoms with Crippen LogP contribution in [0.5, 0.6) is 0 Å². The molecule has 1 N–H and O–H groups in total. The molecule has 3 aliphatic rings. The highest BCUT2D eigenvalue weighted by molar-refractivity contribution is 5.66. The zero-order chi connectivity index (χ0) is 22.9. The SMILES string of the molecule is CC(=O)O[C@@H]1[CH][C@@]2(O)[C@H](C)CC[C@@H](C(C)CN3CCC(Cc4ccco4)CC3)[C@H]2C=C1C. The van der Waals surface area contributed by atoms with Crippen LogP contribution in [0.4, 0.5) is 0 Å². The van der Waals surface area contributed by atoms with Crippen molar-refractivity contribution in [1.29, 1.82) is 0 Å². The van der Waals surface area contributed by atoms with Crippen molar-refractivity contribution < 1.29 is 19.1 Å². The first-order valence-corrected chi connectivity index (χ1v) is 12.4. The normalized spacial score (nSPS) is 35.1. The van der Waals surface area contributed by atoms with Gasteiger partial charge in [-0.1, -0.05) is 19.9 Å². The van der Waals surface area contributed by atoms with Crippen LogP contribution in [0, 0.1) is 36.0 Å². The number of aliphatic hydroxyl groups is 1. The fourth-order valence-corrected chi connectivity index (χ4v) is 6.38. The van der Waals surface area contributed by atoms with Crippen LogP contribution in [0.15, 0.2) is 34.5 Å². The van der Waals surface area contributed by atoms with Gasteiger partial charge in [-0.25, -0.2) is 0 Å². The van der Waals surface area contributed by atoms with Gasteiger partial charge in [-0.3, -0.25) is 4.79 Å². The first kappa shape index (κ1) is 23.6. The van der Waals surface area contributed by atoms with Crippen LogP contribution in [0.25, 0.3) is 0 Å². The highest BCUT2D eigenvalue weighted by Gasteiger charge is 2.53. The Labute approximate surface area is 193 Å². The van der Waals surface area contributed by atoms with E-state index >= 15 is 0 Å². The molecule has 0 spiro atoms. The highest BCUT2D eigenvalue weighted by atomic mass is 16.5. The van der Waals surface area contributed by atoms with Crippen LogP contribution < -0.4 is 0 Å². The van der Waals surface area contributed by atoms with Gasteiger partial charge in [0.15, 0.2) is 0 Å². The zero-order valence-electron chi connectivity index (χ0n) is 20.1. The van der Waals surface area contributed by atoms with Gasteiger partial charge >= 0.3 is 5.97 Å². The van der Waals surface area contributed by atoms with Crippen molar-refractivity contribution in [3.05, 3.63) is 42.2 Å². The van der Waals surface area contributed by atoms with E-state index in [0.717, 1.165) is 50.2 Å². The lowest BCUT2D eigenvalue weighted by Gasteiger charge is -2.53. The molecule has 2 aliphatic carbocycles. The molecular weight excluding hydrogens is 402 g/mol. The Kier molecular flexibility index (Phi) is 7.16. The van der Waals surface area contributed by atoms with Crippen LogP contribution in [0.2, 0.25) is 0 Å². The van der Waals surface area contributed by atoms with Gasteiger partial charge in [0.1, 0.15) is 11.9 Å². The number of furan rings is 1. The van der Waals surface area contributed by atoms with Gasteiger partial charge in [0.05, 0.1) is 11.9 Å². The van der Waals surface area contributed by atoms with Crippen LogP contribution in [-0.2, 0) is 16.0 Å². The maximum absolute atomic E-state index is 11.7. The van der Waals surface area contributed by atoms with E-state index in [-0.39, 0.29) is 17.8 Å². The molecule has 1 unspecified atom stereocenters. The lowest BCUT2D eigenvalue weighted by Crippen LogP contribution is -2.56. The molecule has 0 aromatic carbocycles. The van der Waals surface area contributed by atoms with E-state index in [1.165, 1.54) is 19.8 Å². The van der Waals surface area contributed by atoms with Gasteiger partial charge in [-0.05, 0) is 87.1 Å². The third-order valence-electron chi connectivity index (χ3n) is 8.37. The standard InChI is InChI=1S/C27H40NO4/c1-18-14-25-24(8-7-20(3)27(25,30)16-26(18)32-21(4)29)19(2)17-28-11-9-22(10-12-28)15-23-6-5-13-31-23/h5-6,13-14,16,19-20,22,24-26,30H,7-12,15,17H2,1-4H3/t19?,20-,24+,25-,26-,27-/m1/s1. The summed E-state index contributed by atoms with van der Waals surface area (Å²) in [6, 6.07) is 4.06. The maximum atomic E-state index is 11.7. The molecule has 177 valence electrons. The first-order chi connectivity index (χ1) is 15.3. The number of esters is 1. The van der Waals surface area contributed by atoms with Gasteiger partial charge in [0.25, 0.3) is 0 Å². The molecule has 32 heavy (non-hydrogen) atoms. The molecule has 2 fully saturated rings. The second-order valence-corrected chi connectivity index (χ2v) is 10.7. The Morgan fingerprint density at radius 3 is 2.72 bits per heavy atom. The zero-order valence-corrected chi connectivity index (χ0v) is 20.1. The molecular formula is C27H40NO4. The van der Waals surface area contributed by atoms with Crippen molar-refractivity contribution >= 4 is 5.97 Å². The number of carbonyl (C=O) groups excluding carboxylic acids is 1. The van der Waals surface area contributed by atoms with E-state index < -0.39 is 11.7 Å². The minimum atomic E-state index is -0.910. The average molecular weight is 443 g/mol. The summed E-state index contributed by atoms with van der Waals surface area (Å²) in [5, 5.41) is 11.7. The quantitative estimate of drug-likeness (QED) is 0.513. The van der Waals surface area contributed by atoms with Gasteiger partial charge < -0.3 is 19.2 Å². The summed E-state index contributed by atoms with van der Waals surface area (Å²) in [6.07, 6.45) is 11.1. The summed E-state index contributed by atoms with van der Waals surface area (Å²) in [4.78, 5) is 14.2. The molecule has 1 saturated heterocycles. The van der Waals surface area contributed by atoms with Gasteiger partial charge in [0, 0.05) is 32.2 Å². The minimum absolute atomic E-state index is 0.0875. The van der Waals surface area contributed by atoms with Crippen molar-refractivity contribution in [2.45, 2.75) is 71.5 Å². The molecule has 2 heterocycles. The molecule has 1 radical (unpaired) electrons. The van der Waals surface area contributed by atoms with Crippen molar-refractivity contribution in [3.63, 3.8) is 0 Å². The van der Waals surface area contributed by atoms with Gasteiger partial charge in [-0.2, -0.15) is 0 Å². The third kappa shape index (κ3) is 4.99. The lowest BCUT2D eigenvalue weighted by molar-refractivity contribution is -0.148. The monoisotopic (exact) mass is 442 g/mol. The Balaban J connectivity index is 1.37. The van der Waals surface area contributed by atoms with E-state index in [2.05, 4.69) is 30.9 Å². The second-order valence-electron chi connectivity index (χ2n) is 10.7. The van der Waals surface area contributed by atoms with Crippen LogP contribution >= 0.6 is 0 Å². The average Bonchev–Trinajstić information content (AvgIpc) is 3.24. The molecule has 4 rings (SSSR count). The Bertz CT molecular complexity index is 795. The number of likely N-dealkylation sites (tertiary alicyclic amines) is 1. The molecule has 5 nitrogen and oxygen atoms in total. The minimum Gasteiger partial charge on any atom is -0.469 e. The van der Waals surface area contributed by atoms with Gasteiger partial charge in [-0.15, -0.1) is 0 Å². The molecule has 1 aromatic heterocycles. The Hall–Kier alpha value is -1.59. The molecule has 1 saturated carbocycles. The largest absolute Gasteiger partial charge is 0.469 e. The van der Waals surface area contributed by atoms with E-state index in [1.807, 2.05) is 19.4 Å². The number of hydrogen-bond acceptors (Lipinski definition) is 5. The molecule has 1 aromatic rings. The second kappa shape index (κ2) is 9.72. The predicted molar refractivity (Wildman–Crippen MR) is 125 cm³/mol. The molecule has 1 aliphatic heterocycles. The number of hydrogen-bond donors (Lipinski definition) is 1. The molecule has 0 amide bonds. The van der Waals surface area contributed by atoms with E-state index in [4.69, 9.17) is 9.15 Å². The van der Waals surface area contributed by atoms with E-state index in [9.17, 15) is 9.90 Å². The summed E-state index contributed by atoms with van der Waals surface area (Å²) < 4.78 is 11.0. The number of fused-ring (bicyclic) bond motifs is 1. The smallest absolute Gasteiger partial charge is 0.303 e. The lowest BCUT2D eigenvalue weighted by atomic mass is 9.57. The van der Waals surface area contributed by atoms with Crippen molar-refractivity contribution in [2.24, 2.45) is 29.6 Å².